The molecule has 6 heteroatoms. The van der Waals surface area contributed by atoms with Gasteiger partial charge in [-0.1, -0.05) is 0 Å². The van der Waals surface area contributed by atoms with E-state index in [9.17, 15) is 15.0 Å². The molecule has 2 rings (SSSR count). The predicted octanol–water partition coefficient (Wildman–Crippen LogP) is -0.0247. The predicted molar refractivity (Wildman–Crippen MR) is 65.6 cm³/mol. The van der Waals surface area contributed by atoms with E-state index in [1.807, 2.05) is 0 Å². The van der Waals surface area contributed by atoms with Gasteiger partial charge in [-0.2, -0.15) is 0 Å². The molecule has 0 saturated carbocycles. The Morgan fingerprint density at radius 3 is 2.94 bits per heavy atom. The molecule has 1 heterocycles. The van der Waals surface area contributed by atoms with Gasteiger partial charge in [-0.25, -0.2) is 0 Å². The number of aromatic hydroxyl groups is 1. The molecule has 1 amide bonds. The number of ether oxygens (including phenoxy) is 1. The summed E-state index contributed by atoms with van der Waals surface area (Å²) in [6, 6.07) is 3.07. The number of phenols is 1. The van der Waals surface area contributed by atoms with Crippen molar-refractivity contribution in [3.8, 4) is 11.5 Å². The molecule has 5 N–H and O–H groups in total. The van der Waals surface area contributed by atoms with Crippen LogP contribution in [0.1, 0.15) is 12.0 Å². The van der Waals surface area contributed by atoms with E-state index in [1.54, 1.807) is 6.07 Å². The Kier molecular flexibility index (Phi) is 3.69. The second kappa shape index (κ2) is 5.24. The molecular formula is C12H16N2O4. The second-order valence-electron chi connectivity index (χ2n) is 4.19. The maximum absolute atomic E-state index is 11.3. The fraction of sp³-hybridized carbons (Fsp3) is 0.417. The fourth-order valence-electron chi connectivity index (χ4n) is 1.83. The smallest absolute Gasteiger partial charge is 0.224 e. The summed E-state index contributed by atoms with van der Waals surface area (Å²) in [6.07, 6.45) is 0.128. The molecule has 1 aliphatic rings. The molecule has 0 bridgehead atoms. The number of fused-ring (bicyclic) bond motifs is 1. The topological polar surface area (TPSA) is 105 Å². The van der Waals surface area contributed by atoms with Crippen molar-refractivity contribution in [1.29, 1.82) is 0 Å². The highest BCUT2D eigenvalue weighted by Crippen LogP contribution is 2.37. The zero-order chi connectivity index (χ0) is 13.1. The number of aliphatic hydroxyl groups excluding tert-OH is 1. The molecule has 1 aromatic carbocycles. The van der Waals surface area contributed by atoms with Crippen LogP contribution in [-0.2, 0) is 11.2 Å². The third-order valence-corrected chi connectivity index (χ3v) is 2.82. The molecule has 0 fully saturated rings. The zero-order valence-corrected chi connectivity index (χ0v) is 9.85. The van der Waals surface area contributed by atoms with Gasteiger partial charge in [-0.3, -0.25) is 4.79 Å². The molecule has 1 aliphatic heterocycles. The van der Waals surface area contributed by atoms with Gasteiger partial charge in [0.2, 0.25) is 5.91 Å². The van der Waals surface area contributed by atoms with Crippen LogP contribution in [0.5, 0.6) is 11.5 Å². The van der Waals surface area contributed by atoms with Crippen LogP contribution in [0.2, 0.25) is 0 Å². The van der Waals surface area contributed by atoms with Crippen LogP contribution in [-0.4, -0.2) is 35.4 Å². The molecule has 0 aromatic heterocycles. The monoisotopic (exact) mass is 252 g/mol. The largest absolute Gasteiger partial charge is 0.506 e. The number of amides is 1. The van der Waals surface area contributed by atoms with Gasteiger partial charge in [-0.15, -0.1) is 0 Å². The third-order valence-electron chi connectivity index (χ3n) is 2.82. The number of anilines is 1. The van der Waals surface area contributed by atoms with Crippen LogP contribution >= 0.6 is 0 Å². The van der Waals surface area contributed by atoms with Crippen molar-refractivity contribution < 1.29 is 19.7 Å². The van der Waals surface area contributed by atoms with Crippen molar-refractivity contribution in [2.75, 3.05) is 18.5 Å². The number of rotatable bonds is 4. The van der Waals surface area contributed by atoms with Gasteiger partial charge in [0, 0.05) is 18.5 Å². The maximum atomic E-state index is 11.3. The number of carbonyl (C=O) groups is 1. The number of benzene rings is 1. The Morgan fingerprint density at radius 2 is 2.22 bits per heavy atom. The van der Waals surface area contributed by atoms with Gasteiger partial charge in [0.15, 0.2) is 0 Å². The lowest BCUT2D eigenvalue weighted by Crippen LogP contribution is -2.27. The van der Waals surface area contributed by atoms with Crippen molar-refractivity contribution in [3.05, 3.63) is 17.7 Å². The molecule has 18 heavy (non-hydrogen) atoms. The number of aliphatic hydroxyl groups is 1. The molecule has 0 radical (unpaired) electrons. The van der Waals surface area contributed by atoms with Crippen LogP contribution in [0.25, 0.3) is 0 Å². The summed E-state index contributed by atoms with van der Waals surface area (Å²) in [4.78, 5) is 11.3. The highest BCUT2D eigenvalue weighted by molar-refractivity contribution is 5.96. The summed E-state index contributed by atoms with van der Waals surface area (Å²) >= 11 is 0. The summed E-state index contributed by atoms with van der Waals surface area (Å²) < 4.78 is 5.45. The highest BCUT2D eigenvalue weighted by atomic mass is 16.5. The number of nitrogens with one attached hydrogen (secondary N) is 1. The summed E-state index contributed by atoms with van der Waals surface area (Å²) in [5.41, 5.74) is 6.43. The van der Waals surface area contributed by atoms with E-state index in [4.69, 9.17) is 10.5 Å². The quantitative estimate of drug-likeness (QED) is 0.563. The summed E-state index contributed by atoms with van der Waals surface area (Å²) in [5, 5.41) is 21.6. The number of hydrogen-bond acceptors (Lipinski definition) is 5. The van der Waals surface area contributed by atoms with Crippen LogP contribution in [0.4, 0.5) is 5.69 Å². The molecule has 1 unspecified atom stereocenters. The summed E-state index contributed by atoms with van der Waals surface area (Å²) in [5.74, 6) is 0.442. The highest BCUT2D eigenvalue weighted by Gasteiger charge is 2.22. The van der Waals surface area contributed by atoms with E-state index in [2.05, 4.69) is 5.32 Å². The lowest BCUT2D eigenvalue weighted by molar-refractivity contribution is -0.116. The van der Waals surface area contributed by atoms with E-state index in [-0.39, 0.29) is 24.8 Å². The normalized spacial score (nSPS) is 15.8. The lowest BCUT2D eigenvalue weighted by Gasteiger charge is -2.21. The minimum Gasteiger partial charge on any atom is -0.506 e. The minimum atomic E-state index is -0.729. The first-order valence-corrected chi connectivity index (χ1v) is 5.77. The maximum Gasteiger partial charge on any atom is 0.224 e. The van der Waals surface area contributed by atoms with Crippen molar-refractivity contribution in [2.24, 2.45) is 5.73 Å². The van der Waals surface area contributed by atoms with Crippen molar-refractivity contribution in [3.63, 3.8) is 0 Å². The lowest BCUT2D eigenvalue weighted by atomic mass is 10.0. The first-order chi connectivity index (χ1) is 8.61. The molecule has 6 nitrogen and oxygen atoms in total. The van der Waals surface area contributed by atoms with Gasteiger partial charge in [0.05, 0.1) is 5.69 Å². The van der Waals surface area contributed by atoms with E-state index in [1.165, 1.54) is 6.07 Å². The second-order valence-corrected chi connectivity index (χ2v) is 4.19. The Balaban J connectivity index is 2.22. The Bertz CT molecular complexity index is 462. The van der Waals surface area contributed by atoms with Crippen molar-refractivity contribution in [1.82, 2.24) is 0 Å². The van der Waals surface area contributed by atoms with Gasteiger partial charge >= 0.3 is 0 Å². The number of hydrogen-bond donors (Lipinski definition) is 4. The van der Waals surface area contributed by atoms with Crippen LogP contribution in [0.15, 0.2) is 12.1 Å². The number of carbonyl (C=O) groups excluding carboxylic acids is 1. The van der Waals surface area contributed by atoms with Crippen LogP contribution in [0, 0.1) is 0 Å². The summed E-state index contributed by atoms with van der Waals surface area (Å²) in [7, 11) is 0. The fourth-order valence-corrected chi connectivity index (χ4v) is 1.83. The van der Waals surface area contributed by atoms with Gasteiger partial charge in [0.25, 0.3) is 0 Å². The number of nitrogens with two attached hydrogens (primary N) is 1. The molecule has 98 valence electrons. The molecule has 0 saturated heterocycles. The molecule has 0 spiro atoms. The van der Waals surface area contributed by atoms with Gasteiger partial charge in [-0.05, 0) is 18.6 Å². The van der Waals surface area contributed by atoms with Crippen molar-refractivity contribution in [2.45, 2.75) is 18.9 Å². The third kappa shape index (κ3) is 2.55. The van der Waals surface area contributed by atoms with Crippen molar-refractivity contribution >= 4 is 11.6 Å². The van der Waals surface area contributed by atoms with E-state index < -0.39 is 6.10 Å². The average molecular weight is 252 g/mol. The average Bonchev–Trinajstić information content (AvgIpc) is 2.38. The van der Waals surface area contributed by atoms with Gasteiger partial charge in [0.1, 0.15) is 24.2 Å². The Hall–Kier alpha value is -1.79. The minimum absolute atomic E-state index is 0.0183. The number of phenolic OH excluding ortho intramolecular Hbond substituents is 1. The first-order valence-electron chi connectivity index (χ1n) is 5.77. The van der Waals surface area contributed by atoms with Crippen LogP contribution < -0.4 is 15.8 Å². The SMILES string of the molecule is NCC(O)COc1ccc(O)c2c1CCC(=O)N2. The van der Waals surface area contributed by atoms with Gasteiger partial charge < -0.3 is 26.0 Å². The molecular weight excluding hydrogens is 236 g/mol. The van der Waals surface area contributed by atoms with E-state index in [0.29, 0.717) is 24.3 Å². The first kappa shape index (κ1) is 12.7. The van der Waals surface area contributed by atoms with E-state index in [0.717, 1.165) is 5.56 Å². The molecule has 0 aliphatic carbocycles. The standard InChI is InChI=1S/C12H16N2O4/c13-5-7(15)6-18-10-3-2-9(16)12-8(10)1-4-11(17)14-12/h2-3,7,15-16H,1,4-6,13H2,(H,14,17). The summed E-state index contributed by atoms with van der Waals surface area (Å²) in [6.45, 7) is 0.207. The Labute approximate surface area is 104 Å². The zero-order valence-electron chi connectivity index (χ0n) is 9.85. The Morgan fingerprint density at radius 1 is 1.44 bits per heavy atom. The molecule has 1 atom stereocenters. The van der Waals surface area contributed by atoms with Crippen LogP contribution in [0.3, 0.4) is 0 Å². The molecule has 1 aromatic rings. The van der Waals surface area contributed by atoms with E-state index >= 15 is 0 Å².